The quantitative estimate of drug-likeness (QED) is 0.563. The van der Waals surface area contributed by atoms with Crippen LogP contribution in [0.1, 0.15) is 20.8 Å². The molecule has 16 heavy (non-hydrogen) atoms. The predicted octanol–water partition coefficient (Wildman–Crippen LogP) is 0.566. The van der Waals surface area contributed by atoms with Crippen LogP contribution < -0.4 is 5.32 Å². The molecule has 0 aromatic carbocycles. The van der Waals surface area contributed by atoms with Crippen LogP contribution in [0.15, 0.2) is 0 Å². The van der Waals surface area contributed by atoms with E-state index in [1.54, 1.807) is 0 Å². The molecule has 0 bridgehead atoms. The van der Waals surface area contributed by atoms with E-state index < -0.39 is 5.60 Å². The van der Waals surface area contributed by atoms with Crippen LogP contribution in [0.5, 0.6) is 0 Å². The van der Waals surface area contributed by atoms with Crippen molar-refractivity contribution in [3.05, 3.63) is 0 Å². The number of carbonyl (C=O) groups excluding carboxylic acids is 1. The summed E-state index contributed by atoms with van der Waals surface area (Å²) in [5.74, 6) is 2.34. The molecule has 0 aromatic heterocycles. The van der Waals surface area contributed by atoms with Gasteiger partial charge in [0, 0.05) is 13.1 Å². The lowest BCUT2D eigenvalue weighted by atomic mass is 10.1. The van der Waals surface area contributed by atoms with Gasteiger partial charge in [-0.05, 0) is 20.8 Å². The molecule has 2 atom stereocenters. The van der Waals surface area contributed by atoms with Gasteiger partial charge < -0.3 is 14.8 Å². The van der Waals surface area contributed by atoms with Gasteiger partial charge in [-0.3, -0.25) is 0 Å². The van der Waals surface area contributed by atoms with Gasteiger partial charge in [0.15, 0.2) is 0 Å². The summed E-state index contributed by atoms with van der Waals surface area (Å²) in [5.41, 5.74) is -0.472. The number of carbonyl (C=O) groups is 1. The summed E-state index contributed by atoms with van der Waals surface area (Å²) >= 11 is 0. The van der Waals surface area contributed by atoms with Crippen LogP contribution in [0.2, 0.25) is 0 Å². The maximum absolute atomic E-state index is 11.4. The van der Waals surface area contributed by atoms with Gasteiger partial charge in [0.2, 0.25) is 0 Å². The fourth-order valence-corrected chi connectivity index (χ4v) is 1.54. The van der Waals surface area contributed by atoms with Crippen molar-refractivity contribution in [2.24, 2.45) is 5.92 Å². The number of nitrogens with one attached hydrogen (secondary N) is 1. The van der Waals surface area contributed by atoms with Gasteiger partial charge in [-0.1, -0.05) is 5.92 Å². The van der Waals surface area contributed by atoms with Gasteiger partial charge in [0.05, 0.1) is 12.0 Å². The molecule has 0 amide bonds. The standard InChI is InChI=1S/C12H19NO3/c1-5-9-6-13-7-10(9)15-8-11(14)16-12(2,3)4/h1,9-10,13H,6-8H2,2-4H3/t9-,10-/m1/s1. The molecule has 0 aromatic rings. The summed E-state index contributed by atoms with van der Waals surface area (Å²) in [5, 5.41) is 3.13. The molecule has 1 fully saturated rings. The van der Waals surface area contributed by atoms with Gasteiger partial charge in [0.1, 0.15) is 12.2 Å². The molecule has 90 valence electrons. The van der Waals surface area contributed by atoms with Gasteiger partial charge in [-0.2, -0.15) is 0 Å². The molecule has 0 radical (unpaired) electrons. The Bertz CT molecular complexity index is 288. The van der Waals surface area contributed by atoms with Gasteiger partial charge in [-0.25, -0.2) is 4.79 Å². The van der Waals surface area contributed by atoms with Crippen molar-refractivity contribution < 1.29 is 14.3 Å². The molecule has 1 rings (SSSR count). The normalized spacial score (nSPS) is 25.1. The first-order valence-corrected chi connectivity index (χ1v) is 5.42. The highest BCUT2D eigenvalue weighted by Gasteiger charge is 2.27. The zero-order valence-corrected chi connectivity index (χ0v) is 10.1. The number of hydrogen-bond donors (Lipinski definition) is 1. The van der Waals surface area contributed by atoms with Crippen molar-refractivity contribution in [3.8, 4) is 12.3 Å². The van der Waals surface area contributed by atoms with Crippen molar-refractivity contribution in [1.82, 2.24) is 5.32 Å². The van der Waals surface area contributed by atoms with E-state index in [1.165, 1.54) is 0 Å². The Balaban J connectivity index is 2.30. The number of rotatable bonds is 3. The molecule has 1 aliphatic heterocycles. The number of ether oxygens (including phenoxy) is 2. The van der Waals surface area contributed by atoms with Crippen molar-refractivity contribution in [1.29, 1.82) is 0 Å². The van der Waals surface area contributed by atoms with E-state index in [9.17, 15) is 4.79 Å². The highest BCUT2D eigenvalue weighted by molar-refractivity contribution is 5.71. The molecule has 0 spiro atoms. The Morgan fingerprint density at radius 1 is 1.50 bits per heavy atom. The van der Waals surface area contributed by atoms with Gasteiger partial charge in [-0.15, -0.1) is 6.42 Å². The number of terminal acetylenes is 1. The average molecular weight is 225 g/mol. The van der Waals surface area contributed by atoms with E-state index in [2.05, 4.69) is 11.2 Å². The Morgan fingerprint density at radius 2 is 2.19 bits per heavy atom. The second kappa shape index (κ2) is 5.33. The maximum atomic E-state index is 11.4. The predicted molar refractivity (Wildman–Crippen MR) is 60.8 cm³/mol. The number of esters is 1. The highest BCUT2D eigenvalue weighted by Crippen LogP contribution is 2.12. The van der Waals surface area contributed by atoms with Crippen LogP contribution in [0.4, 0.5) is 0 Å². The van der Waals surface area contributed by atoms with Crippen molar-refractivity contribution >= 4 is 5.97 Å². The minimum absolute atomic E-state index is 0.0399. The molecule has 1 aliphatic rings. The summed E-state index contributed by atoms with van der Waals surface area (Å²) in [6.45, 7) is 6.87. The SMILES string of the molecule is C#C[C@@H]1CNC[C@H]1OCC(=O)OC(C)(C)C. The second-order valence-electron chi connectivity index (χ2n) is 4.87. The minimum atomic E-state index is -0.472. The Kier molecular flexibility index (Phi) is 4.34. The van der Waals surface area contributed by atoms with Crippen molar-refractivity contribution in [2.75, 3.05) is 19.7 Å². The molecule has 1 N–H and O–H groups in total. The van der Waals surface area contributed by atoms with E-state index in [1.807, 2.05) is 20.8 Å². The summed E-state index contributed by atoms with van der Waals surface area (Å²) in [6.07, 6.45) is 5.26. The third-order valence-electron chi connectivity index (χ3n) is 2.21. The van der Waals surface area contributed by atoms with Gasteiger partial charge in [0.25, 0.3) is 0 Å². The van der Waals surface area contributed by atoms with Crippen molar-refractivity contribution in [2.45, 2.75) is 32.5 Å². The molecular formula is C12H19NO3. The highest BCUT2D eigenvalue weighted by atomic mass is 16.6. The molecular weight excluding hydrogens is 206 g/mol. The Labute approximate surface area is 96.7 Å². The van der Waals surface area contributed by atoms with Crippen LogP contribution in [0, 0.1) is 18.3 Å². The molecule has 0 unspecified atom stereocenters. The van der Waals surface area contributed by atoms with Crippen LogP contribution >= 0.6 is 0 Å². The molecule has 0 aliphatic carbocycles. The van der Waals surface area contributed by atoms with E-state index in [0.29, 0.717) is 6.54 Å². The van der Waals surface area contributed by atoms with E-state index >= 15 is 0 Å². The third kappa shape index (κ3) is 4.21. The molecule has 4 nitrogen and oxygen atoms in total. The third-order valence-corrected chi connectivity index (χ3v) is 2.21. The van der Waals surface area contributed by atoms with Crippen LogP contribution in [-0.4, -0.2) is 37.4 Å². The topological polar surface area (TPSA) is 47.6 Å². The van der Waals surface area contributed by atoms with Gasteiger partial charge >= 0.3 is 5.97 Å². The van der Waals surface area contributed by atoms with Crippen molar-refractivity contribution in [3.63, 3.8) is 0 Å². The molecule has 4 heteroatoms. The Hall–Kier alpha value is -1.05. The van der Waals surface area contributed by atoms with Crippen LogP contribution in [0.3, 0.4) is 0 Å². The van der Waals surface area contributed by atoms with Crippen LogP contribution in [-0.2, 0) is 14.3 Å². The zero-order valence-electron chi connectivity index (χ0n) is 10.1. The average Bonchev–Trinajstić information content (AvgIpc) is 2.59. The lowest BCUT2D eigenvalue weighted by Crippen LogP contribution is -2.30. The summed E-state index contributed by atoms with van der Waals surface area (Å²) in [4.78, 5) is 11.4. The second-order valence-corrected chi connectivity index (χ2v) is 4.87. The minimum Gasteiger partial charge on any atom is -0.458 e. The summed E-state index contributed by atoms with van der Waals surface area (Å²) in [7, 11) is 0. The van der Waals surface area contributed by atoms with E-state index in [4.69, 9.17) is 15.9 Å². The summed E-state index contributed by atoms with van der Waals surface area (Å²) < 4.78 is 10.6. The fraction of sp³-hybridized carbons (Fsp3) is 0.750. The fourth-order valence-electron chi connectivity index (χ4n) is 1.54. The first kappa shape index (κ1) is 13.0. The molecule has 0 saturated carbocycles. The van der Waals surface area contributed by atoms with E-state index in [-0.39, 0.29) is 24.6 Å². The largest absolute Gasteiger partial charge is 0.458 e. The smallest absolute Gasteiger partial charge is 0.332 e. The zero-order chi connectivity index (χ0) is 12.2. The van der Waals surface area contributed by atoms with E-state index in [0.717, 1.165) is 6.54 Å². The molecule has 1 heterocycles. The monoisotopic (exact) mass is 225 g/mol. The van der Waals surface area contributed by atoms with Crippen LogP contribution in [0.25, 0.3) is 0 Å². The first-order valence-electron chi connectivity index (χ1n) is 5.42. The first-order chi connectivity index (χ1) is 7.42. The maximum Gasteiger partial charge on any atom is 0.332 e. The lowest BCUT2D eigenvalue weighted by molar-refractivity contribution is -0.162. The summed E-state index contributed by atoms with van der Waals surface area (Å²) in [6, 6.07) is 0. The lowest BCUT2D eigenvalue weighted by Gasteiger charge is -2.20. The Morgan fingerprint density at radius 3 is 2.75 bits per heavy atom. The number of hydrogen-bond acceptors (Lipinski definition) is 4. The molecule has 1 saturated heterocycles.